The number of fused-ring (bicyclic) bond motifs is 2. The third-order valence-corrected chi connectivity index (χ3v) is 9.85. The molecule has 3 aliphatic rings. The summed E-state index contributed by atoms with van der Waals surface area (Å²) >= 11 is 13.0. The minimum atomic E-state index is -4.63. The number of ether oxygens (including phenoxy) is 1. The minimum Gasteiger partial charge on any atom is -0.478 e. The molecule has 7 rings (SSSR count). The summed E-state index contributed by atoms with van der Waals surface area (Å²) in [5, 5.41) is 17.9. The second-order valence-corrected chi connectivity index (χ2v) is 13.2. The highest BCUT2D eigenvalue weighted by Gasteiger charge is 2.44. The average Bonchev–Trinajstić information content (AvgIpc) is 3.75. The van der Waals surface area contributed by atoms with Crippen LogP contribution in [0, 0.1) is 0 Å². The van der Waals surface area contributed by atoms with Crippen molar-refractivity contribution in [1.29, 1.82) is 0 Å². The summed E-state index contributed by atoms with van der Waals surface area (Å²) in [6.07, 6.45) is 1.10. The molecule has 0 radical (unpaired) electrons. The molecule has 1 saturated carbocycles. The number of urea groups is 1. The topological polar surface area (TPSA) is 118 Å². The van der Waals surface area contributed by atoms with Crippen LogP contribution < -0.4 is 5.32 Å². The van der Waals surface area contributed by atoms with Crippen LogP contribution in [-0.2, 0) is 17.5 Å². The Hall–Kier alpha value is -4.13. The molecule has 48 heavy (non-hydrogen) atoms. The quantitative estimate of drug-likeness (QED) is 0.188. The van der Waals surface area contributed by atoms with Gasteiger partial charge in [0.1, 0.15) is 17.1 Å². The van der Waals surface area contributed by atoms with E-state index in [2.05, 4.69) is 15.5 Å². The SMILES string of the molecule is O=C(O)c1ccc(NC(=O)N2C3CCC2CC(OCc2c(-c4c(Cl)cccc4Cl)noc2C2CC2)C3)cc1-c1ccc(C(F)(F)F)nc1. The van der Waals surface area contributed by atoms with Crippen LogP contribution in [-0.4, -0.2) is 50.3 Å². The Balaban J connectivity index is 1.04. The number of hydrogen-bond donors (Lipinski definition) is 2. The number of amides is 2. The van der Waals surface area contributed by atoms with Gasteiger partial charge in [-0.1, -0.05) is 40.5 Å². The van der Waals surface area contributed by atoms with Gasteiger partial charge >= 0.3 is 18.2 Å². The van der Waals surface area contributed by atoms with Gasteiger partial charge in [0.2, 0.25) is 0 Å². The molecule has 3 fully saturated rings. The van der Waals surface area contributed by atoms with Crippen LogP contribution >= 0.6 is 23.2 Å². The Kier molecular flexibility index (Phi) is 8.59. The molecule has 2 bridgehead atoms. The van der Waals surface area contributed by atoms with Gasteiger partial charge < -0.3 is 24.6 Å². The molecule has 2 unspecified atom stereocenters. The van der Waals surface area contributed by atoms with Crippen LogP contribution in [0.15, 0.2) is 59.3 Å². The largest absolute Gasteiger partial charge is 0.478 e. The van der Waals surface area contributed by atoms with Crippen molar-refractivity contribution in [3.05, 3.63) is 87.4 Å². The van der Waals surface area contributed by atoms with Crippen LogP contribution in [0.3, 0.4) is 0 Å². The Morgan fingerprint density at radius 3 is 2.33 bits per heavy atom. The minimum absolute atomic E-state index is 0.0755. The summed E-state index contributed by atoms with van der Waals surface area (Å²) in [5.74, 6) is -0.185. The van der Waals surface area contributed by atoms with E-state index in [0.29, 0.717) is 39.8 Å². The zero-order valence-corrected chi connectivity index (χ0v) is 26.8. The summed E-state index contributed by atoms with van der Waals surface area (Å²) < 4.78 is 51.3. The molecule has 2 amide bonds. The van der Waals surface area contributed by atoms with E-state index in [9.17, 15) is 27.9 Å². The van der Waals surface area contributed by atoms with Crippen molar-refractivity contribution in [2.24, 2.45) is 0 Å². The fourth-order valence-corrected chi connectivity index (χ4v) is 7.38. The lowest BCUT2D eigenvalue weighted by Gasteiger charge is -2.38. The fraction of sp³-hybridized carbons (Fsp3) is 0.353. The molecule has 9 nitrogen and oxygen atoms in total. The van der Waals surface area contributed by atoms with Crippen LogP contribution in [0.5, 0.6) is 0 Å². The van der Waals surface area contributed by atoms with Gasteiger partial charge in [0.15, 0.2) is 0 Å². The highest BCUT2D eigenvalue weighted by Crippen LogP contribution is 2.47. The zero-order chi connectivity index (χ0) is 33.7. The van der Waals surface area contributed by atoms with Crippen molar-refractivity contribution in [3.63, 3.8) is 0 Å². The predicted molar refractivity (Wildman–Crippen MR) is 171 cm³/mol. The number of aromatic carboxylic acids is 1. The van der Waals surface area contributed by atoms with E-state index in [1.165, 1.54) is 18.2 Å². The van der Waals surface area contributed by atoms with Gasteiger partial charge in [0.25, 0.3) is 0 Å². The monoisotopic (exact) mass is 700 g/mol. The molecule has 0 spiro atoms. The lowest BCUT2D eigenvalue weighted by Crippen LogP contribution is -2.50. The lowest BCUT2D eigenvalue weighted by atomic mass is 9.99. The number of halogens is 5. The van der Waals surface area contributed by atoms with E-state index in [-0.39, 0.29) is 53.4 Å². The van der Waals surface area contributed by atoms with Crippen molar-refractivity contribution in [2.75, 3.05) is 5.32 Å². The molecule has 2 saturated heterocycles. The first-order chi connectivity index (χ1) is 23.0. The summed E-state index contributed by atoms with van der Waals surface area (Å²) in [6.45, 7) is 0.264. The average molecular weight is 702 g/mol. The maximum absolute atomic E-state index is 13.6. The van der Waals surface area contributed by atoms with Crippen molar-refractivity contribution >= 4 is 40.9 Å². The number of carbonyl (C=O) groups is 2. The first kappa shape index (κ1) is 32.4. The van der Waals surface area contributed by atoms with E-state index in [4.69, 9.17) is 32.5 Å². The molecule has 2 aromatic carbocycles. The summed E-state index contributed by atoms with van der Waals surface area (Å²) in [7, 11) is 0. The number of anilines is 1. The molecule has 2 aliphatic heterocycles. The van der Waals surface area contributed by atoms with Crippen LogP contribution in [0.1, 0.15) is 71.8 Å². The lowest BCUT2D eigenvalue weighted by molar-refractivity contribution is -0.141. The first-order valence-corrected chi connectivity index (χ1v) is 16.3. The Morgan fingerprint density at radius 2 is 1.73 bits per heavy atom. The number of aromatic nitrogens is 2. The maximum atomic E-state index is 13.6. The van der Waals surface area contributed by atoms with Crippen LogP contribution in [0.4, 0.5) is 23.7 Å². The van der Waals surface area contributed by atoms with Crippen LogP contribution in [0.25, 0.3) is 22.4 Å². The molecule has 2 aromatic heterocycles. The Labute approximate surface area is 283 Å². The standard InChI is InChI=1S/C34H29Cl2F3N4O5/c35-26-2-1-3-27(36)29(26)30-25(31(48-42-30)17-4-5-17)16-47-22-13-20-8-9-21(14-22)43(20)33(46)41-19-7-10-23(32(44)45)24(12-19)18-6-11-28(40-15-18)34(37,38)39/h1-3,6-7,10-12,15,17,20-22H,4-5,8-9,13-14,16H2,(H,41,46)(H,44,45). The van der Waals surface area contributed by atoms with Crippen molar-refractivity contribution in [3.8, 4) is 22.4 Å². The van der Waals surface area contributed by atoms with Gasteiger partial charge in [-0.05, 0) is 80.5 Å². The van der Waals surface area contributed by atoms with Gasteiger partial charge in [-0.3, -0.25) is 4.98 Å². The smallest absolute Gasteiger partial charge is 0.433 e. The second-order valence-electron chi connectivity index (χ2n) is 12.4. The predicted octanol–water partition coefficient (Wildman–Crippen LogP) is 9.05. The van der Waals surface area contributed by atoms with Crippen LogP contribution in [0.2, 0.25) is 10.0 Å². The van der Waals surface area contributed by atoms with Crippen molar-refractivity contribution in [1.82, 2.24) is 15.0 Å². The highest BCUT2D eigenvalue weighted by atomic mass is 35.5. The third kappa shape index (κ3) is 6.36. The second kappa shape index (κ2) is 12.7. The van der Waals surface area contributed by atoms with Crippen molar-refractivity contribution < 1.29 is 37.1 Å². The molecule has 2 atom stereocenters. The summed E-state index contributed by atoms with van der Waals surface area (Å²) in [6, 6.07) is 10.9. The van der Waals surface area contributed by atoms with E-state index < -0.39 is 17.8 Å². The number of alkyl halides is 3. The maximum Gasteiger partial charge on any atom is 0.433 e. The number of carboxylic acid groups (broad SMARTS) is 1. The number of nitrogens with one attached hydrogen (secondary N) is 1. The third-order valence-electron chi connectivity index (χ3n) is 9.22. The van der Waals surface area contributed by atoms with Gasteiger partial charge in [-0.25, -0.2) is 9.59 Å². The number of benzene rings is 2. The number of hydrogen-bond acceptors (Lipinski definition) is 6. The molecule has 2 N–H and O–H groups in total. The van der Waals surface area contributed by atoms with Gasteiger partial charge in [0.05, 0.1) is 28.3 Å². The summed E-state index contributed by atoms with van der Waals surface area (Å²) in [5.41, 5.74) is 1.41. The highest BCUT2D eigenvalue weighted by molar-refractivity contribution is 6.39. The molecule has 250 valence electrons. The number of carboxylic acids is 1. The van der Waals surface area contributed by atoms with E-state index in [0.717, 1.165) is 55.3 Å². The van der Waals surface area contributed by atoms with Gasteiger partial charge in [-0.15, -0.1) is 0 Å². The van der Waals surface area contributed by atoms with Crippen molar-refractivity contribution in [2.45, 2.75) is 75.4 Å². The molecule has 14 heteroatoms. The number of nitrogens with zero attached hydrogens (tertiary/aromatic N) is 3. The number of rotatable bonds is 8. The Bertz CT molecular complexity index is 1850. The molecular formula is C34H29Cl2F3N4O5. The Morgan fingerprint density at radius 1 is 1.02 bits per heavy atom. The first-order valence-electron chi connectivity index (χ1n) is 15.5. The molecular weight excluding hydrogens is 672 g/mol. The summed E-state index contributed by atoms with van der Waals surface area (Å²) in [4.78, 5) is 30.7. The number of pyridine rings is 1. The van der Waals surface area contributed by atoms with Gasteiger partial charge in [-0.2, -0.15) is 13.2 Å². The van der Waals surface area contributed by atoms with E-state index in [1.54, 1.807) is 18.2 Å². The van der Waals surface area contributed by atoms with E-state index in [1.807, 2.05) is 4.90 Å². The molecule has 4 aromatic rings. The van der Waals surface area contributed by atoms with E-state index >= 15 is 0 Å². The number of carbonyl (C=O) groups excluding carboxylic acids is 1. The zero-order valence-electron chi connectivity index (χ0n) is 25.3. The molecule has 4 heterocycles. The van der Waals surface area contributed by atoms with Gasteiger partial charge in [0, 0.05) is 46.6 Å². The normalized spacial score (nSPS) is 20.6. The molecule has 1 aliphatic carbocycles. The fourth-order valence-electron chi connectivity index (χ4n) is 6.80. The number of piperidine rings is 1.